The number of hydrogen-bond donors (Lipinski definition) is 2. The van der Waals surface area contributed by atoms with Gasteiger partial charge < -0.3 is 10.4 Å². The number of nitrogens with one attached hydrogen (secondary N) is 1. The summed E-state index contributed by atoms with van der Waals surface area (Å²) in [5.74, 6) is 0.834. The smallest absolute Gasteiger partial charge is 0.290 e. The highest BCUT2D eigenvalue weighted by atomic mass is 16.3. The first-order chi connectivity index (χ1) is 16.0. The second-order valence-electron chi connectivity index (χ2n) is 9.50. The van der Waals surface area contributed by atoms with Gasteiger partial charge in [-0.25, -0.2) is 0 Å². The van der Waals surface area contributed by atoms with Gasteiger partial charge in [0.2, 0.25) is 5.91 Å². The molecule has 2 aromatic heterocycles. The van der Waals surface area contributed by atoms with Crippen molar-refractivity contribution in [3.63, 3.8) is 0 Å². The molecule has 0 aliphatic carbocycles. The number of carbonyl (C=O) groups excluding carboxylic acids is 1. The van der Waals surface area contributed by atoms with Crippen LogP contribution < -0.4 is 5.32 Å². The molecule has 7 nitrogen and oxygen atoms in total. The summed E-state index contributed by atoms with van der Waals surface area (Å²) in [7, 11) is 0. The molecule has 2 aliphatic heterocycles. The number of amides is 1. The number of nitrogens with zero attached hydrogens (tertiary/aromatic N) is 3. The molecular formula is C26H36N4O3. The average molecular weight is 453 g/mol. The van der Waals surface area contributed by atoms with E-state index in [-0.39, 0.29) is 17.8 Å². The van der Waals surface area contributed by atoms with Gasteiger partial charge in [-0.2, -0.15) is 0 Å². The summed E-state index contributed by atoms with van der Waals surface area (Å²) in [6, 6.07) is 10.9. The lowest BCUT2D eigenvalue weighted by molar-refractivity contribution is -0.134. The van der Waals surface area contributed by atoms with E-state index in [4.69, 9.17) is 9.90 Å². The molecule has 3 atom stereocenters. The Morgan fingerprint density at radius 2 is 2.09 bits per heavy atom. The molecule has 178 valence electrons. The number of aromatic nitrogens is 2. The van der Waals surface area contributed by atoms with Crippen LogP contribution in [-0.2, 0) is 22.6 Å². The molecule has 2 aromatic rings. The van der Waals surface area contributed by atoms with Gasteiger partial charge in [0.05, 0.1) is 17.7 Å². The maximum atomic E-state index is 13.6. The maximum Gasteiger partial charge on any atom is 0.290 e. The molecule has 1 amide bonds. The van der Waals surface area contributed by atoms with Crippen molar-refractivity contribution in [1.29, 1.82) is 0 Å². The second-order valence-corrected chi connectivity index (χ2v) is 9.50. The topological polar surface area (TPSA) is 95.4 Å². The standard InChI is InChI=1S/C25H34N4O.CH2O2/c1-19(2)10-12-25(24(30)28-18-21-7-3-4-14-27-21)16-22-8-9-23(25)29(22)15-11-20-6-5-13-26-17-20;2-1-3/h3-7,13-14,17,19,22-23H,8-12,15-16,18H2,1-2H3,(H,28,30);1H,(H,2,3)/t22-,23+,25+;/m1./s1. The van der Waals surface area contributed by atoms with Crippen molar-refractivity contribution in [2.24, 2.45) is 11.3 Å². The number of carbonyl (C=O) groups is 2. The molecule has 4 heterocycles. The van der Waals surface area contributed by atoms with E-state index in [9.17, 15) is 4.79 Å². The summed E-state index contributed by atoms with van der Waals surface area (Å²) in [6.07, 6.45) is 12.0. The fraction of sp³-hybridized carbons (Fsp3) is 0.538. The summed E-state index contributed by atoms with van der Waals surface area (Å²) in [6.45, 7) is 5.79. The van der Waals surface area contributed by atoms with Crippen LogP contribution in [0.25, 0.3) is 0 Å². The number of carboxylic acid groups (broad SMARTS) is 1. The summed E-state index contributed by atoms with van der Waals surface area (Å²) in [5.41, 5.74) is 1.93. The van der Waals surface area contributed by atoms with Crippen LogP contribution in [0.3, 0.4) is 0 Å². The van der Waals surface area contributed by atoms with E-state index >= 15 is 0 Å². The van der Waals surface area contributed by atoms with Gasteiger partial charge in [0.15, 0.2) is 0 Å². The van der Waals surface area contributed by atoms with E-state index < -0.39 is 0 Å². The highest BCUT2D eigenvalue weighted by Gasteiger charge is 2.58. The zero-order valence-electron chi connectivity index (χ0n) is 19.7. The first kappa shape index (κ1) is 24.8. The Labute approximate surface area is 196 Å². The predicted octanol–water partition coefficient (Wildman–Crippen LogP) is 3.70. The normalized spacial score (nSPS) is 23.7. The molecule has 2 fully saturated rings. The molecular weight excluding hydrogens is 416 g/mol. The summed E-state index contributed by atoms with van der Waals surface area (Å²) < 4.78 is 0. The van der Waals surface area contributed by atoms with E-state index in [1.165, 1.54) is 12.0 Å². The summed E-state index contributed by atoms with van der Waals surface area (Å²) >= 11 is 0. The fourth-order valence-corrected chi connectivity index (χ4v) is 5.47. The van der Waals surface area contributed by atoms with E-state index in [0.29, 0.717) is 24.5 Å². The van der Waals surface area contributed by atoms with Crippen molar-refractivity contribution in [3.05, 3.63) is 60.2 Å². The Hall–Kier alpha value is -2.80. The van der Waals surface area contributed by atoms with Crippen LogP contribution in [-0.4, -0.2) is 51.0 Å². The Morgan fingerprint density at radius 3 is 2.76 bits per heavy atom. The zero-order valence-corrected chi connectivity index (χ0v) is 19.7. The Balaban J connectivity index is 0.000000968. The molecule has 4 rings (SSSR count). The van der Waals surface area contributed by atoms with Gasteiger partial charge >= 0.3 is 0 Å². The molecule has 33 heavy (non-hydrogen) atoms. The molecule has 0 unspecified atom stereocenters. The minimum atomic E-state index is -0.267. The molecule has 0 saturated carbocycles. The third-order valence-corrected chi connectivity index (χ3v) is 7.04. The van der Waals surface area contributed by atoms with Gasteiger partial charge in [0.25, 0.3) is 6.47 Å². The number of fused-ring (bicyclic) bond motifs is 2. The van der Waals surface area contributed by atoms with Gasteiger partial charge in [-0.3, -0.25) is 24.5 Å². The van der Waals surface area contributed by atoms with Crippen LogP contribution in [0.4, 0.5) is 0 Å². The highest BCUT2D eigenvalue weighted by Crippen LogP contribution is 2.52. The van der Waals surface area contributed by atoms with E-state index in [1.807, 2.05) is 36.7 Å². The molecule has 0 radical (unpaired) electrons. The summed E-state index contributed by atoms with van der Waals surface area (Å²) in [5, 5.41) is 10.1. The fourth-order valence-electron chi connectivity index (χ4n) is 5.47. The van der Waals surface area contributed by atoms with Gasteiger partial charge in [-0.05, 0) is 68.2 Å². The molecule has 2 bridgehead atoms. The van der Waals surface area contributed by atoms with Crippen molar-refractivity contribution >= 4 is 12.4 Å². The third kappa shape index (κ3) is 6.16. The molecule has 2 saturated heterocycles. The quantitative estimate of drug-likeness (QED) is 0.564. The number of rotatable bonds is 9. The molecule has 2 aliphatic rings. The molecule has 2 N–H and O–H groups in total. The largest absolute Gasteiger partial charge is 0.483 e. The van der Waals surface area contributed by atoms with Crippen molar-refractivity contribution in [3.8, 4) is 0 Å². The van der Waals surface area contributed by atoms with E-state index in [0.717, 1.165) is 44.3 Å². The lowest BCUT2D eigenvalue weighted by atomic mass is 9.69. The lowest BCUT2D eigenvalue weighted by Gasteiger charge is -2.37. The summed E-state index contributed by atoms with van der Waals surface area (Å²) in [4.78, 5) is 33.2. The average Bonchev–Trinajstić information content (AvgIpc) is 3.37. The zero-order chi connectivity index (χ0) is 23.7. The SMILES string of the molecule is CC(C)CC[C@]1(C(=O)NCc2ccccn2)C[C@H]2CC[C@@H]1N2CCc1cccnc1.O=CO. The Bertz CT molecular complexity index is 878. The minimum Gasteiger partial charge on any atom is -0.483 e. The van der Waals surface area contributed by atoms with E-state index in [1.54, 1.807) is 6.20 Å². The van der Waals surface area contributed by atoms with Crippen LogP contribution in [0.1, 0.15) is 57.2 Å². The second kappa shape index (κ2) is 11.9. The number of pyridine rings is 2. The first-order valence-corrected chi connectivity index (χ1v) is 11.9. The molecule has 0 spiro atoms. The van der Waals surface area contributed by atoms with Gasteiger partial charge in [0, 0.05) is 37.2 Å². The van der Waals surface area contributed by atoms with Gasteiger partial charge in [0.1, 0.15) is 0 Å². The van der Waals surface area contributed by atoms with Crippen LogP contribution in [0.2, 0.25) is 0 Å². The maximum absolute atomic E-state index is 13.6. The van der Waals surface area contributed by atoms with Gasteiger partial charge in [-0.1, -0.05) is 26.0 Å². The molecule has 7 heteroatoms. The van der Waals surface area contributed by atoms with Crippen LogP contribution in [0, 0.1) is 11.3 Å². The van der Waals surface area contributed by atoms with Crippen molar-refractivity contribution in [2.45, 2.75) is 71.0 Å². The Kier molecular flexibility index (Phi) is 8.95. The van der Waals surface area contributed by atoms with Crippen molar-refractivity contribution in [2.75, 3.05) is 6.54 Å². The first-order valence-electron chi connectivity index (χ1n) is 11.9. The highest BCUT2D eigenvalue weighted by molar-refractivity contribution is 5.84. The Morgan fingerprint density at radius 1 is 1.27 bits per heavy atom. The lowest BCUT2D eigenvalue weighted by Crippen LogP contribution is -2.49. The van der Waals surface area contributed by atoms with Gasteiger partial charge in [-0.15, -0.1) is 0 Å². The predicted molar refractivity (Wildman–Crippen MR) is 127 cm³/mol. The van der Waals surface area contributed by atoms with Crippen LogP contribution in [0.5, 0.6) is 0 Å². The minimum absolute atomic E-state index is 0.229. The van der Waals surface area contributed by atoms with Crippen molar-refractivity contribution in [1.82, 2.24) is 20.2 Å². The third-order valence-electron chi connectivity index (χ3n) is 7.04. The van der Waals surface area contributed by atoms with Crippen LogP contribution in [0.15, 0.2) is 48.9 Å². The number of hydrogen-bond acceptors (Lipinski definition) is 5. The van der Waals surface area contributed by atoms with Crippen LogP contribution >= 0.6 is 0 Å². The van der Waals surface area contributed by atoms with E-state index in [2.05, 4.69) is 40.1 Å². The molecule has 0 aromatic carbocycles. The monoisotopic (exact) mass is 452 g/mol. The van der Waals surface area contributed by atoms with Crippen molar-refractivity contribution < 1.29 is 14.7 Å².